The molecule has 1 fully saturated rings. The third kappa shape index (κ3) is 2.74. The van der Waals surface area contributed by atoms with Crippen molar-refractivity contribution in [2.45, 2.75) is 44.4 Å². The summed E-state index contributed by atoms with van der Waals surface area (Å²) in [5.41, 5.74) is 3.68. The highest BCUT2D eigenvalue weighted by molar-refractivity contribution is 6.04. The lowest BCUT2D eigenvalue weighted by atomic mass is 9.92. The van der Waals surface area contributed by atoms with Crippen LogP contribution in [0.1, 0.15) is 44.9 Å². The average Bonchev–Trinajstić information content (AvgIpc) is 3.26. The number of benzene rings is 1. The minimum absolute atomic E-state index is 0.0550. The summed E-state index contributed by atoms with van der Waals surface area (Å²) in [5, 5.41) is 1.15. The Morgan fingerprint density at radius 3 is 2.60 bits per heavy atom. The van der Waals surface area contributed by atoms with Gasteiger partial charge in [-0.3, -0.25) is 4.79 Å². The number of aryl methyl sites for hydroxylation is 1. The quantitative estimate of drug-likeness (QED) is 0.648. The molecule has 1 aromatic heterocycles. The van der Waals surface area contributed by atoms with Crippen molar-refractivity contribution in [2.24, 2.45) is 7.05 Å². The average molecular weight is 402 g/mol. The smallest absolute Gasteiger partial charge is 0.238 e. The molecule has 0 spiro atoms. The van der Waals surface area contributed by atoms with Gasteiger partial charge < -0.3 is 18.9 Å². The molecule has 0 bridgehead atoms. The topological polar surface area (TPSA) is 43.7 Å². The Balaban J connectivity index is 1.47. The number of ether oxygens (including phenoxy) is 2. The summed E-state index contributed by atoms with van der Waals surface area (Å²) >= 11 is 0. The van der Waals surface area contributed by atoms with Gasteiger partial charge in [-0.05, 0) is 49.2 Å². The first-order valence-corrected chi connectivity index (χ1v) is 10.3. The van der Waals surface area contributed by atoms with E-state index < -0.39 is 5.41 Å². The molecule has 1 aliphatic carbocycles. The summed E-state index contributed by atoms with van der Waals surface area (Å²) in [6.07, 6.45) is 1.61. The van der Waals surface area contributed by atoms with Crippen LogP contribution in [-0.2, 0) is 22.7 Å². The van der Waals surface area contributed by atoms with E-state index in [1.54, 1.807) is 4.90 Å². The minimum Gasteiger partial charge on any atom is -0.453 e. The van der Waals surface area contributed by atoms with Gasteiger partial charge in [0.25, 0.3) is 0 Å². The summed E-state index contributed by atoms with van der Waals surface area (Å²) < 4.78 is 13.0. The van der Waals surface area contributed by atoms with Gasteiger partial charge in [0, 0.05) is 47.4 Å². The van der Waals surface area contributed by atoms with Gasteiger partial charge >= 0.3 is 0 Å². The number of anilines is 1. The molecule has 1 amide bonds. The zero-order chi connectivity index (χ0) is 21.3. The van der Waals surface area contributed by atoms with Crippen molar-refractivity contribution in [3.8, 4) is 11.5 Å². The van der Waals surface area contributed by atoms with Crippen LogP contribution in [0.5, 0.6) is 11.5 Å². The maximum atomic E-state index is 13.5. The molecule has 0 N–H and O–H groups in total. The molecule has 0 saturated heterocycles. The third-order valence-corrected chi connectivity index (χ3v) is 6.39. The van der Waals surface area contributed by atoms with Gasteiger partial charge in [-0.2, -0.15) is 0 Å². The van der Waals surface area contributed by atoms with Crippen LogP contribution in [0.3, 0.4) is 0 Å². The second-order valence-corrected chi connectivity index (χ2v) is 9.44. The highest BCUT2D eigenvalue weighted by atomic mass is 16.7. The third-order valence-electron chi connectivity index (χ3n) is 6.39. The van der Waals surface area contributed by atoms with E-state index in [1.165, 1.54) is 11.2 Å². The maximum Gasteiger partial charge on any atom is 0.238 e. The van der Waals surface area contributed by atoms with E-state index in [2.05, 4.69) is 62.7 Å². The van der Waals surface area contributed by atoms with Crippen molar-refractivity contribution in [1.29, 1.82) is 0 Å². The van der Waals surface area contributed by atoms with Crippen molar-refractivity contribution in [3.05, 3.63) is 53.7 Å². The van der Waals surface area contributed by atoms with Gasteiger partial charge in [-0.25, -0.2) is 0 Å². The van der Waals surface area contributed by atoms with Crippen molar-refractivity contribution in [1.82, 2.24) is 4.57 Å². The Kier molecular flexibility index (Phi) is 3.89. The van der Waals surface area contributed by atoms with Gasteiger partial charge in [0.05, 0.1) is 5.41 Å². The molecule has 1 aliphatic heterocycles. The number of carbonyl (C=O) groups is 1. The SMILES string of the molecule is CN(C(=O)C1(c2c#cc3c(c2)OCO3)CC1)c1ccc2c(c1)cc(C(C)(C)C)n2C. The first-order valence-electron chi connectivity index (χ1n) is 10.3. The molecular formula is C25H26N2O3. The van der Waals surface area contributed by atoms with Crippen molar-refractivity contribution in [3.63, 3.8) is 0 Å². The molecule has 154 valence electrons. The molecule has 2 heterocycles. The summed E-state index contributed by atoms with van der Waals surface area (Å²) in [6, 6.07) is 16.5. The molecule has 0 radical (unpaired) electrons. The predicted octanol–water partition coefficient (Wildman–Crippen LogP) is 4.50. The monoisotopic (exact) mass is 402 g/mol. The lowest BCUT2D eigenvalue weighted by molar-refractivity contribution is -0.120. The van der Waals surface area contributed by atoms with Gasteiger partial charge in [-0.1, -0.05) is 26.8 Å². The predicted molar refractivity (Wildman–Crippen MR) is 116 cm³/mol. The fraction of sp³-hybridized carbons (Fsp3) is 0.400. The molecule has 5 rings (SSSR count). The fourth-order valence-corrected chi connectivity index (χ4v) is 4.47. The Bertz CT molecular complexity index is 1170. The van der Waals surface area contributed by atoms with Crippen LogP contribution in [0.25, 0.3) is 10.9 Å². The van der Waals surface area contributed by atoms with E-state index in [0.717, 1.165) is 29.5 Å². The van der Waals surface area contributed by atoms with E-state index in [-0.39, 0.29) is 18.1 Å². The molecule has 0 atom stereocenters. The molecule has 30 heavy (non-hydrogen) atoms. The Morgan fingerprint density at radius 1 is 1.13 bits per heavy atom. The second kappa shape index (κ2) is 6.18. The number of carbonyl (C=O) groups excluding carboxylic acids is 1. The van der Waals surface area contributed by atoms with E-state index in [0.29, 0.717) is 11.5 Å². The summed E-state index contributed by atoms with van der Waals surface area (Å²) in [5.74, 6) is 1.29. The van der Waals surface area contributed by atoms with Crippen LogP contribution in [-0.4, -0.2) is 24.3 Å². The lowest BCUT2D eigenvalue weighted by Gasteiger charge is -2.23. The number of aromatic nitrogens is 1. The molecule has 2 aromatic carbocycles. The van der Waals surface area contributed by atoms with Crippen LogP contribution in [0.15, 0.2) is 30.3 Å². The van der Waals surface area contributed by atoms with E-state index in [1.807, 2.05) is 19.2 Å². The number of nitrogens with zero attached hydrogens (tertiary/aromatic N) is 2. The Hall–Kier alpha value is -3.13. The number of rotatable bonds is 3. The zero-order valence-corrected chi connectivity index (χ0v) is 18.1. The van der Waals surface area contributed by atoms with Crippen LogP contribution in [0, 0.1) is 12.1 Å². The molecule has 3 aromatic rings. The molecular weight excluding hydrogens is 376 g/mol. The first kappa shape index (κ1) is 18.9. The fourth-order valence-electron chi connectivity index (χ4n) is 4.47. The number of likely N-dealkylation sites (N-methyl/N-ethyl adjacent to an activating group) is 1. The van der Waals surface area contributed by atoms with Crippen molar-refractivity contribution in [2.75, 3.05) is 18.7 Å². The van der Waals surface area contributed by atoms with E-state index >= 15 is 0 Å². The highest BCUT2D eigenvalue weighted by Crippen LogP contribution is 2.51. The van der Waals surface area contributed by atoms with Gasteiger partial charge in [-0.15, -0.1) is 0 Å². The number of hydrogen-bond acceptors (Lipinski definition) is 3. The van der Waals surface area contributed by atoms with Crippen molar-refractivity contribution >= 4 is 22.5 Å². The van der Waals surface area contributed by atoms with E-state index in [9.17, 15) is 4.79 Å². The van der Waals surface area contributed by atoms with Crippen LogP contribution in [0.2, 0.25) is 0 Å². The van der Waals surface area contributed by atoms with Gasteiger partial charge in [0.15, 0.2) is 5.75 Å². The molecule has 5 heteroatoms. The standard InChI is InChI=1S/C25H26N2O3/c1-24(2,3)22-13-16-12-18(7-8-19(16)27(22)5)26(4)23(28)25(10-11-25)17-6-9-20-21(14-17)30-15-29-20/h7-8,12-14H,10-11,15H2,1-5H3. The normalized spacial score (nSPS) is 16.4. The van der Waals surface area contributed by atoms with Crippen LogP contribution < -0.4 is 14.4 Å². The highest BCUT2D eigenvalue weighted by Gasteiger charge is 2.53. The Labute approximate surface area is 177 Å². The van der Waals surface area contributed by atoms with Crippen LogP contribution in [0.4, 0.5) is 5.69 Å². The summed E-state index contributed by atoms with van der Waals surface area (Å²) in [7, 11) is 3.95. The number of fused-ring (bicyclic) bond motifs is 2. The maximum absolute atomic E-state index is 13.5. The van der Waals surface area contributed by atoms with E-state index in [4.69, 9.17) is 9.47 Å². The molecule has 2 aliphatic rings. The summed E-state index contributed by atoms with van der Waals surface area (Å²) in [4.78, 5) is 15.3. The largest absolute Gasteiger partial charge is 0.453 e. The first-order chi connectivity index (χ1) is 14.2. The number of hydrogen-bond donors (Lipinski definition) is 0. The summed E-state index contributed by atoms with van der Waals surface area (Å²) in [6.45, 7) is 6.84. The minimum atomic E-state index is -0.547. The molecule has 0 unspecified atom stereocenters. The number of amides is 1. The van der Waals surface area contributed by atoms with Crippen LogP contribution >= 0.6 is 0 Å². The lowest BCUT2D eigenvalue weighted by Crippen LogP contribution is -2.36. The van der Waals surface area contributed by atoms with Crippen molar-refractivity contribution < 1.29 is 14.3 Å². The zero-order valence-electron chi connectivity index (χ0n) is 18.1. The Morgan fingerprint density at radius 2 is 1.90 bits per heavy atom. The molecule has 5 nitrogen and oxygen atoms in total. The van der Waals surface area contributed by atoms with Gasteiger partial charge in [0.2, 0.25) is 18.4 Å². The van der Waals surface area contributed by atoms with Gasteiger partial charge in [0.1, 0.15) is 0 Å². The molecule has 1 saturated carbocycles. The second-order valence-electron chi connectivity index (χ2n) is 9.44.